The molecule has 0 unspecified atom stereocenters. The summed E-state index contributed by atoms with van der Waals surface area (Å²) in [5.74, 6) is 0.00938. The van der Waals surface area contributed by atoms with Gasteiger partial charge >= 0.3 is 0 Å². The van der Waals surface area contributed by atoms with E-state index in [4.69, 9.17) is 11.6 Å². The summed E-state index contributed by atoms with van der Waals surface area (Å²) in [5, 5.41) is 19.7. The van der Waals surface area contributed by atoms with Crippen LogP contribution in [0.2, 0.25) is 5.02 Å². The van der Waals surface area contributed by atoms with E-state index >= 15 is 0 Å². The zero-order valence-electron chi connectivity index (χ0n) is 12.9. The van der Waals surface area contributed by atoms with Gasteiger partial charge in [0.25, 0.3) is 0 Å². The molecule has 1 aliphatic rings. The van der Waals surface area contributed by atoms with Crippen LogP contribution in [0.3, 0.4) is 0 Å². The SMILES string of the molecule is O=C(CSc1nnnn1C1CC1)Nc1cc(Cl)ccc1-n1cncn1. The number of nitrogens with zero attached hydrogens (tertiary/aromatic N) is 7. The molecule has 3 aromatic rings. The van der Waals surface area contributed by atoms with Gasteiger partial charge in [0, 0.05) is 5.02 Å². The number of halogens is 1. The summed E-state index contributed by atoms with van der Waals surface area (Å²) in [6, 6.07) is 5.54. The van der Waals surface area contributed by atoms with Crippen LogP contribution < -0.4 is 5.32 Å². The highest BCUT2D eigenvalue weighted by atomic mass is 35.5. The van der Waals surface area contributed by atoms with Gasteiger partial charge in [-0.2, -0.15) is 5.10 Å². The van der Waals surface area contributed by atoms with Gasteiger partial charge in [0.05, 0.1) is 23.2 Å². The van der Waals surface area contributed by atoms with Crippen molar-refractivity contribution < 1.29 is 4.79 Å². The molecule has 1 fully saturated rings. The number of aromatic nitrogens is 7. The van der Waals surface area contributed by atoms with Gasteiger partial charge in [-0.1, -0.05) is 23.4 Å². The molecular formula is C14H13ClN8OS. The molecule has 1 amide bonds. The highest BCUT2D eigenvalue weighted by Gasteiger charge is 2.28. The minimum atomic E-state index is -0.182. The van der Waals surface area contributed by atoms with Crippen LogP contribution in [-0.4, -0.2) is 46.6 Å². The molecule has 0 atom stereocenters. The number of thioether (sulfide) groups is 1. The molecule has 1 aromatic carbocycles. The van der Waals surface area contributed by atoms with Crippen molar-refractivity contribution in [3.63, 3.8) is 0 Å². The van der Waals surface area contributed by atoms with Crippen molar-refractivity contribution in [1.82, 2.24) is 35.0 Å². The summed E-state index contributed by atoms with van der Waals surface area (Å²) in [6.45, 7) is 0. The van der Waals surface area contributed by atoms with Crippen LogP contribution in [-0.2, 0) is 4.79 Å². The van der Waals surface area contributed by atoms with Gasteiger partial charge in [0.2, 0.25) is 11.1 Å². The molecule has 1 N–H and O–H groups in total. The van der Waals surface area contributed by atoms with E-state index in [1.807, 2.05) is 0 Å². The lowest BCUT2D eigenvalue weighted by atomic mass is 10.2. The lowest BCUT2D eigenvalue weighted by Crippen LogP contribution is -2.16. The third-order valence-corrected chi connectivity index (χ3v) is 4.75. The first-order chi connectivity index (χ1) is 12.2. The van der Waals surface area contributed by atoms with Gasteiger partial charge in [-0.15, -0.1) is 5.10 Å². The Kier molecular flexibility index (Phi) is 4.36. The van der Waals surface area contributed by atoms with Crippen LogP contribution in [0.1, 0.15) is 18.9 Å². The fourth-order valence-corrected chi connectivity index (χ4v) is 3.20. The Morgan fingerprint density at radius 1 is 1.40 bits per heavy atom. The molecule has 0 bridgehead atoms. The second-order valence-electron chi connectivity index (χ2n) is 5.48. The number of carbonyl (C=O) groups is 1. The van der Waals surface area contributed by atoms with Crippen LogP contribution in [0.4, 0.5) is 5.69 Å². The Hall–Kier alpha value is -2.46. The molecule has 128 valence electrons. The third-order valence-electron chi connectivity index (χ3n) is 3.59. The van der Waals surface area contributed by atoms with Crippen molar-refractivity contribution in [1.29, 1.82) is 0 Å². The number of rotatable bonds is 6. The number of tetrazole rings is 1. The molecule has 2 aromatic heterocycles. The number of hydrogen-bond acceptors (Lipinski definition) is 7. The van der Waals surface area contributed by atoms with Crippen LogP contribution in [0.5, 0.6) is 0 Å². The Bertz CT molecular complexity index is 892. The molecule has 25 heavy (non-hydrogen) atoms. The van der Waals surface area contributed by atoms with Gasteiger partial charge < -0.3 is 5.32 Å². The second kappa shape index (κ2) is 6.81. The van der Waals surface area contributed by atoms with Gasteiger partial charge in [-0.25, -0.2) is 14.3 Å². The summed E-state index contributed by atoms with van der Waals surface area (Å²) in [5.41, 5.74) is 1.24. The molecule has 11 heteroatoms. The minimum absolute atomic E-state index is 0.182. The Morgan fingerprint density at radius 3 is 3.04 bits per heavy atom. The minimum Gasteiger partial charge on any atom is -0.323 e. The molecule has 0 saturated heterocycles. The normalized spacial score (nSPS) is 13.8. The van der Waals surface area contributed by atoms with Crippen molar-refractivity contribution in [2.24, 2.45) is 0 Å². The molecule has 9 nitrogen and oxygen atoms in total. The van der Waals surface area contributed by atoms with Crippen LogP contribution in [0.15, 0.2) is 36.0 Å². The van der Waals surface area contributed by atoms with Crippen molar-refractivity contribution in [2.45, 2.75) is 24.0 Å². The van der Waals surface area contributed by atoms with E-state index in [0.29, 0.717) is 27.6 Å². The van der Waals surface area contributed by atoms with Crippen LogP contribution in [0, 0.1) is 0 Å². The number of carbonyl (C=O) groups excluding carboxylic acids is 1. The Morgan fingerprint density at radius 2 is 2.28 bits per heavy atom. The van der Waals surface area contributed by atoms with E-state index in [9.17, 15) is 4.79 Å². The van der Waals surface area contributed by atoms with Gasteiger partial charge in [0.1, 0.15) is 12.7 Å². The fourth-order valence-electron chi connectivity index (χ4n) is 2.29. The van der Waals surface area contributed by atoms with E-state index < -0.39 is 0 Å². The predicted octanol–water partition coefficient (Wildman–Crippen LogP) is 1.97. The Balaban J connectivity index is 1.45. The molecule has 1 aliphatic carbocycles. The third kappa shape index (κ3) is 3.64. The molecule has 1 saturated carbocycles. The summed E-state index contributed by atoms with van der Waals surface area (Å²) in [7, 11) is 0. The van der Waals surface area contributed by atoms with Crippen molar-refractivity contribution in [2.75, 3.05) is 11.1 Å². The lowest BCUT2D eigenvalue weighted by molar-refractivity contribution is -0.113. The van der Waals surface area contributed by atoms with E-state index in [1.165, 1.54) is 18.1 Å². The molecular weight excluding hydrogens is 364 g/mol. The molecule has 2 heterocycles. The standard InChI is InChI=1S/C14H13ClN8OS/c15-9-1-4-12(22-8-16-7-17-22)11(5-9)18-13(24)6-25-14-19-20-21-23(14)10-2-3-10/h1,4-5,7-8,10H,2-3,6H2,(H,18,24). The summed E-state index contributed by atoms with van der Waals surface area (Å²) >= 11 is 7.35. The topological polar surface area (TPSA) is 103 Å². The number of benzene rings is 1. The quantitative estimate of drug-likeness (QED) is 0.656. The fraction of sp³-hybridized carbons (Fsp3) is 0.286. The maximum absolute atomic E-state index is 12.3. The number of hydrogen-bond donors (Lipinski definition) is 1. The zero-order valence-corrected chi connectivity index (χ0v) is 14.5. The van der Waals surface area contributed by atoms with Crippen molar-refractivity contribution in [3.8, 4) is 5.69 Å². The van der Waals surface area contributed by atoms with Gasteiger partial charge in [-0.3, -0.25) is 4.79 Å². The lowest BCUT2D eigenvalue weighted by Gasteiger charge is -2.11. The molecule has 0 radical (unpaired) electrons. The first kappa shape index (κ1) is 16.0. The highest BCUT2D eigenvalue weighted by molar-refractivity contribution is 7.99. The van der Waals surface area contributed by atoms with Crippen LogP contribution >= 0.6 is 23.4 Å². The molecule has 0 spiro atoms. The van der Waals surface area contributed by atoms with Gasteiger partial charge in [-0.05, 0) is 41.5 Å². The average molecular weight is 377 g/mol. The number of nitrogens with one attached hydrogen (secondary N) is 1. The highest BCUT2D eigenvalue weighted by Crippen LogP contribution is 2.36. The van der Waals surface area contributed by atoms with E-state index in [1.54, 1.807) is 33.9 Å². The van der Waals surface area contributed by atoms with Crippen LogP contribution in [0.25, 0.3) is 5.69 Å². The monoisotopic (exact) mass is 376 g/mol. The predicted molar refractivity (Wildman–Crippen MR) is 91.8 cm³/mol. The van der Waals surface area contributed by atoms with E-state index in [-0.39, 0.29) is 11.7 Å². The van der Waals surface area contributed by atoms with Crippen molar-refractivity contribution in [3.05, 3.63) is 35.9 Å². The van der Waals surface area contributed by atoms with E-state index in [2.05, 4.69) is 30.9 Å². The maximum atomic E-state index is 12.3. The van der Waals surface area contributed by atoms with Crippen molar-refractivity contribution >= 4 is 35.0 Å². The maximum Gasteiger partial charge on any atom is 0.234 e. The largest absolute Gasteiger partial charge is 0.323 e. The summed E-state index contributed by atoms with van der Waals surface area (Å²) in [6.07, 6.45) is 5.13. The molecule has 0 aliphatic heterocycles. The smallest absolute Gasteiger partial charge is 0.234 e. The summed E-state index contributed by atoms with van der Waals surface area (Å²) < 4.78 is 3.34. The van der Waals surface area contributed by atoms with E-state index in [0.717, 1.165) is 12.8 Å². The second-order valence-corrected chi connectivity index (χ2v) is 6.85. The zero-order chi connectivity index (χ0) is 17.2. The average Bonchev–Trinajstić information content (AvgIpc) is 3.10. The Labute approximate surface area is 151 Å². The number of anilines is 1. The molecule has 4 rings (SSSR count). The summed E-state index contributed by atoms with van der Waals surface area (Å²) in [4.78, 5) is 16.3. The first-order valence-electron chi connectivity index (χ1n) is 7.56. The first-order valence-corrected chi connectivity index (χ1v) is 8.92. The number of amides is 1. The van der Waals surface area contributed by atoms with Gasteiger partial charge in [0.15, 0.2) is 0 Å².